The molecule has 1 atom stereocenters. The van der Waals surface area contributed by atoms with E-state index in [1.54, 1.807) is 36.4 Å². The Morgan fingerprint density at radius 3 is 2.59 bits per heavy atom. The van der Waals surface area contributed by atoms with E-state index in [1.807, 2.05) is 19.9 Å². The second kappa shape index (κ2) is 12.6. The summed E-state index contributed by atoms with van der Waals surface area (Å²) in [5, 5.41) is 20.7. The van der Waals surface area contributed by atoms with Crippen LogP contribution in [0, 0.1) is 0 Å². The molecular weight excluding hydrogens is 609 g/mol. The third-order valence-electron chi connectivity index (χ3n) is 6.05. The fourth-order valence-corrected chi connectivity index (χ4v) is 6.69. The van der Waals surface area contributed by atoms with Crippen LogP contribution < -0.4 is 14.4 Å². The van der Waals surface area contributed by atoms with Gasteiger partial charge in [-0.05, 0) is 61.4 Å². The van der Waals surface area contributed by atoms with Gasteiger partial charge in [0.25, 0.3) is 5.91 Å². The van der Waals surface area contributed by atoms with Crippen molar-refractivity contribution in [2.45, 2.75) is 30.0 Å². The summed E-state index contributed by atoms with van der Waals surface area (Å²) in [5.41, 5.74) is 1.21. The van der Waals surface area contributed by atoms with Crippen LogP contribution in [0.25, 0.3) is 0 Å². The minimum Gasteiger partial charge on any atom is -0.503 e. The number of nitrogens with zero attached hydrogens (tertiary/aromatic N) is 3. The Hall–Kier alpha value is -3.51. The van der Waals surface area contributed by atoms with E-state index < -0.39 is 23.5 Å². The highest BCUT2D eigenvalue weighted by Crippen LogP contribution is 2.45. The van der Waals surface area contributed by atoms with Gasteiger partial charge in [-0.1, -0.05) is 58.4 Å². The maximum absolute atomic E-state index is 13.5. The van der Waals surface area contributed by atoms with E-state index in [0.29, 0.717) is 50.4 Å². The van der Waals surface area contributed by atoms with Gasteiger partial charge < -0.3 is 19.0 Å². The Morgan fingerprint density at radius 2 is 1.88 bits per heavy atom. The Morgan fingerprint density at radius 1 is 1.10 bits per heavy atom. The molecule has 1 aliphatic rings. The van der Waals surface area contributed by atoms with Gasteiger partial charge in [-0.3, -0.25) is 14.5 Å². The minimum absolute atomic E-state index is 0.0180. The Kier molecular flexibility index (Phi) is 8.88. The van der Waals surface area contributed by atoms with E-state index >= 15 is 0 Å². The van der Waals surface area contributed by atoms with E-state index in [1.165, 1.54) is 29.0 Å². The molecule has 0 saturated heterocycles. The van der Waals surface area contributed by atoms with Crippen molar-refractivity contribution in [1.29, 1.82) is 0 Å². The number of ketones is 1. The normalized spacial score (nSPS) is 15.1. The number of hydrogen-bond donors (Lipinski definition) is 1. The first-order valence-electron chi connectivity index (χ1n) is 12.5. The Labute approximate surface area is 253 Å². The van der Waals surface area contributed by atoms with Crippen LogP contribution in [0.15, 0.2) is 74.9 Å². The van der Waals surface area contributed by atoms with Crippen molar-refractivity contribution in [1.82, 2.24) is 10.2 Å². The summed E-state index contributed by atoms with van der Waals surface area (Å²) in [5.74, 6) is -0.692. The quantitative estimate of drug-likeness (QED) is 0.103. The third-order valence-corrected chi connectivity index (χ3v) is 8.74. The molecule has 0 bridgehead atoms. The number of aromatic nitrogens is 2. The zero-order valence-corrected chi connectivity index (χ0v) is 24.9. The van der Waals surface area contributed by atoms with Crippen LogP contribution in [0.3, 0.4) is 0 Å². The van der Waals surface area contributed by atoms with Crippen LogP contribution in [0.5, 0.6) is 11.5 Å². The fourth-order valence-electron chi connectivity index (χ4n) is 4.26. The van der Waals surface area contributed by atoms with E-state index in [9.17, 15) is 14.7 Å². The number of thioether (sulfide) groups is 1. The molecule has 13 heteroatoms. The molecule has 9 nitrogen and oxygen atoms in total. The van der Waals surface area contributed by atoms with Gasteiger partial charge in [0, 0.05) is 15.8 Å². The van der Waals surface area contributed by atoms with Gasteiger partial charge >= 0.3 is 0 Å². The number of Topliss-reactive ketones (excluding diaryl/α,β-unsaturated/α-hetero) is 1. The maximum Gasteiger partial charge on any atom is 0.296 e. The summed E-state index contributed by atoms with van der Waals surface area (Å²) in [6, 6.07) is 12.3. The standard InChI is InChI=1S/C28H23Cl2N3O6S2/c1-3-37-19-10-8-15(12-21(19)38-4-2)23-22(24(34)20-6-5-11-39-20)25(35)26(36)33(23)27-31-32-28(41-27)40-14-16-7-9-17(29)13-18(16)30/h5-13,23,35H,3-4,14H2,1-2H3. The van der Waals surface area contributed by atoms with Gasteiger partial charge in [-0.25, -0.2) is 0 Å². The largest absolute Gasteiger partial charge is 0.503 e. The van der Waals surface area contributed by atoms with E-state index in [2.05, 4.69) is 10.2 Å². The van der Waals surface area contributed by atoms with Gasteiger partial charge in [-0.15, -0.1) is 10.2 Å². The number of carbonyl (C=O) groups excluding carboxylic acids is 2. The predicted octanol–water partition coefficient (Wildman–Crippen LogP) is 7.31. The molecule has 0 spiro atoms. The topological polar surface area (TPSA) is 115 Å². The summed E-state index contributed by atoms with van der Waals surface area (Å²) in [4.78, 5) is 28.3. The molecule has 0 aliphatic carbocycles. The first-order valence-corrected chi connectivity index (χ1v) is 15.0. The molecule has 1 N–H and O–H groups in total. The summed E-state index contributed by atoms with van der Waals surface area (Å²) in [6.45, 7) is 4.48. The summed E-state index contributed by atoms with van der Waals surface area (Å²) >= 11 is 14.8. The Balaban J connectivity index is 1.52. The molecule has 2 aromatic heterocycles. The van der Waals surface area contributed by atoms with E-state index in [0.717, 1.165) is 16.9 Å². The highest BCUT2D eigenvalue weighted by molar-refractivity contribution is 8.00. The number of aliphatic hydroxyl groups is 1. The lowest BCUT2D eigenvalue weighted by molar-refractivity contribution is -0.117. The summed E-state index contributed by atoms with van der Waals surface area (Å²) in [7, 11) is 0. The molecule has 0 fully saturated rings. The number of halogens is 2. The minimum atomic E-state index is -1.04. The number of furan rings is 1. The smallest absolute Gasteiger partial charge is 0.296 e. The average molecular weight is 633 g/mol. The first kappa shape index (κ1) is 29.0. The van der Waals surface area contributed by atoms with Crippen LogP contribution in [0.4, 0.5) is 5.13 Å². The van der Waals surface area contributed by atoms with Gasteiger partial charge in [0.1, 0.15) is 0 Å². The highest BCUT2D eigenvalue weighted by atomic mass is 35.5. The molecule has 41 heavy (non-hydrogen) atoms. The van der Waals surface area contributed by atoms with Crippen molar-refractivity contribution in [3.63, 3.8) is 0 Å². The number of carbonyl (C=O) groups is 2. The van der Waals surface area contributed by atoms with Gasteiger partial charge in [0.15, 0.2) is 27.4 Å². The number of amides is 1. The second-order valence-corrected chi connectivity index (χ2v) is 11.6. The molecule has 0 saturated carbocycles. The zero-order chi connectivity index (χ0) is 29.1. The Bertz CT molecular complexity index is 1620. The number of ether oxygens (including phenoxy) is 2. The van der Waals surface area contributed by atoms with Crippen molar-refractivity contribution in [3.8, 4) is 11.5 Å². The number of benzene rings is 2. The monoisotopic (exact) mass is 631 g/mol. The van der Waals surface area contributed by atoms with E-state index in [-0.39, 0.29) is 16.5 Å². The lowest BCUT2D eigenvalue weighted by Crippen LogP contribution is -2.31. The van der Waals surface area contributed by atoms with Gasteiger partial charge in [0.05, 0.1) is 31.1 Å². The second-order valence-electron chi connectivity index (χ2n) is 8.59. The number of hydrogen-bond acceptors (Lipinski definition) is 10. The van der Waals surface area contributed by atoms with Crippen molar-refractivity contribution in [3.05, 3.63) is 93.1 Å². The summed E-state index contributed by atoms with van der Waals surface area (Å²) < 4.78 is 17.3. The lowest BCUT2D eigenvalue weighted by atomic mass is 9.95. The molecule has 5 rings (SSSR count). The van der Waals surface area contributed by atoms with Crippen LogP contribution in [-0.2, 0) is 10.5 Å². The molecule has 212 valence electrons. The maximum atomic E-state index is 13.5. The highest BCUT2D eigenvalue weighted by Gasteiger charge is 2.47. The molecule has 3 heterocycles. The van der Waals surface area contributed by atoms with Crippen molar-refractivity contribution in [2.75, 3.05) is 18.1 Å². The number of aliphatic hydroxyl groups excluding tert-OH is 1. The van der Waals surface area contributed by atoms with Crippen molar-refractivity contribution < 1.29 is 28.6 Å². The molecule has 1 amide bonds. The fraction of sp³-hybridized carbons (Fsp3) is 0.214. The zero-order valence-electron chi connectivity index (χ0n) is 21.8. The first-order chi connectivity index (χ1) is 19.8. The molecule has 1 unspecified atom stereocenters. The molecule has 2 aromatic carbocycles. The molecule has 1 aliphatic heterocycles. The van der Waals surface area contributed by atoms with E-state index in [4.69, 9.17) is 37.1 Å². The number of rotatable bonds is 11. The SMILES string of the molecule is CCOc1ccc(C2C(C(=O)c3ccco3)=C(O)C(=O)N2c2nnc(SCc3ccc(Cl)cc3Cl)s2)cc1OCC. The average Bonchev–Trinajstić information content (AvgIpc) is 3.70. The summed E-state index contributed by atoms with van der Waals surface area (Å²) in [6.07, 6.45) is 1.35. The van der Waals surface area contributed by atoms with Crippen molar-refractivity contribution >= 4 is 63.1 Å². The molecule has 0 radical (unpaired) electrons. The van der Waals surface area contributed by atoms with Crippen LogP contribution in [-0.4, -0.2) is 40.2 Å². The van der Waals surface area contributed by atoms with Gasteiger partial charge in [-0.2, -0.15) is 0 Å². The lowest BCUT2D eigenvalue weighted by Gasteiger charge is -2.24. The van der Waals surface area contributed by atoms with Crippen LogP contribution in [0.1, 0.15) is 41.6 Å². The number of anilines is 1. The predicted molar refractivity (Wildman–Crippen MR) is 158 cm³/mol. The molecular formula is C28H23Cl2N3O6S2. The van der Waals surface area contributed by atoms with Crippen LogP contribution in [0.2, 0.25) is 10.0 Å². The van der Waals surface area contributed by atoms with Crippen molar-refractivity contribution in [2.24, 2.45) is 0 Å². The third kappa shape index (κ3) is 5.94. The van der Waals surface area contributed by atoms with Crippen LogP contribution >= 0.6 is 46.3 Å². The molecule has 4 aromatic rings. The van der Waals surface area contributed by atoms with Gasteiger partial charge in [0.2, 0.25) is 10.9 Å².